The highest BCUT2D eigenvalue weighted by Gasteiger charge is 2.17. The Kier molecular flexibility index (Phi) is 4.93. The lowest BCUT2D eigenvalue weighted by atomic mass is 9.87. The quantitative estimate of drug-likeness (QED) is 0.792. The van der Waals surface area contributed by atoms with Crippen LogP contribution in [0.1, 0.15) is 53.4 Å². The molecule has 2 rings (SSSR count). The predicted molar refractivity (Wildman–Crippen MR) is 96.9 cm³/mol. The molecule has 0 fully saturated rings. The Morgan fingerprint density at radius 2 is 1.48 bits per heavy atom. The molecule has 0 bridgehead atoms. The molecule has 2 heteroatoms. The minimum Gasteiger partial charge on any atom is -0.337 e. The van der Waals surface area contributed by atoms with Crippen molar-refractivity contribution in [1.82, 2.24) is 4.90 Å². The molecule has 2 aromatic rings. The van der Waals surface area contributed by atoms with Crippen molar-refractivity contribution >= 4 is 5.91 Å². The van der Waals surface area contributed by atoms with Gasteiger partial charge in [-0.15, -0.1) is 0 Å². The van der Waals surface area contributed by atoms with Crippen LogP contribution in [0.25, 0.3) is 0 Å². The van der Waals surface area contributed by atoms with E-state index in [9.17, 15) is 4.79 Å². The van der Waals surface area contributed by atoms with Gasteiger partial charge in [-0.2, -0.15) is 0 Å². The summed E-state index contributed by atoms with van der Waals surface area (Å²) in [6, 6.07) is 14.5. The normalized spacial score (nSPS) is 11.4. The fourth-order valence-electron chi connectivity index (χ4n) is 2.80. The first-order chi connectivity index (χ1) is 10.7. The minimum atomic E-state index is 0.0838. The van der Waals surface area contributed by atoms with Crippen LogP contribution >= 0.6 is 0 Å². The smallest absolute Gasteiger partial charge is 0.254 e. The zero-order valence-corrected chi connectivity index (χ0v) is 15.1. The monoisotopic (exact) mass is 309 g/mol. The van der Waals surface area contributed by atoms with Crippen LogP contribution in [0, 0.1) is 13.8 Å². The van der Waals surface area contributed by atoms with Gasteiger partial charge in [-0.05, 0) is 41.5 Å². The highest BCUT2D eigenvalue weighted by Crippen LogP contribution is 2.23. The van der Waals surface area contributed by atoms with Crippen LogP contribution in [0.5, 0.6) is 0 Å². The fraction of sp³-hybridized carbons (Fsp3) is 0.381. The standard InChI is InChI=1S/C21H27NO/c1-15-8-7-9-16(2)19(15)20(23)22(6)14-17-10-12-18(13-11-17)21(3,4)5/h7-13H,14H2,1-6H3. The highest BCUT2D eigenvalue weighted by atomic mass is 16.2. The molecule has 0 spiro atoms. The van der Waals surface area contributed by atoms with E-state index in [0.717, 1.165) is 22.3 Å². The third kappa shape index (κ3) is 4.01. The Labute approximate surface area is 140 Å². The van der Waals surface area contributed by atoms with E-state index < -0.39 is 0 Å². The van der Waals surface area contributed by atoms with Gasteiger partial charge in [0.2, 0.25) is 0 Å². The molecular formula is C21H27NO. The number of benzene rings is 2. The number of hydrogen-bond acceptors (Lipinski definition) is 1. The molecule has 2 nitrogen and oxygen atoms in total. The summed E-state index contributed by atoms with van der Waals surface area (Å²) in [6.45, 7) is 11.2. The summed E-state index contributed by atoms with van der Waals surface area (Å²) in [7, 11) is 1.87. The van der Waals surface area contributed by atoms with Gasteiger partial charge in [0.05, 0.1) is 0 Å². The van der Waals surface area contributed by atoms with Crippen LogP contribution in [0.3, 0.4) is 0 Å². The van der Waals surface area contributed by atoms with Crippen molar-refractivity contribution in [2.24, 2.45) is 0 Å². The topological polar surface area (TPSA) is 20.3 Å². The summed E-state index contributed by atoms with van der Waals surface area (Å²) in [5.41, 5.74) is 5.50. The van der Waals surface area contributed by atoms with Crippen molar-refractivity contribution < 1.29 is 4.79 Å². The SMILES string of the molecule is Cc1cccc(C)c1C(=O)N(C)Cc1ccc(C(C)(C)C)cc1. The number of carbonyl (C=O) groups is 1. The van der Waals surface area contributed by atoms with Crippen molar-refractivity contribution in [1.29, 1.82) is 0 Å². The zero-order valence-electron chi connectivity index (χ0n) is 15.1. The largest absolute Gasteiger partial charge is 0.337 e. The molecule has 0 aliphatic rings. The number of hydrogen-bond donors (Lipinski definition) is 0. The third-order valence-electron chi connectivity index (χ3n) is 4.28. The van der Waals surface area contributed by atoms with Gasteiger partial charge in [-0.25, -0.2) is 0 Å². The van der Waals surface area contributed by atoms with Gasteiger partial charge in [-0.3, -0.25) is 4.79 Å². The van der Waals surface area contributed by atoms with Crippen LogP contribution in [-0.4, -0.2) is 17.9 Å². The maximum absolute atomic E-state index is 12.7. The number of aryl methyl sites for hydroxylation is 2. The molecule has 0 aliphatic carbocycles. The molecule has 23 heavy (non-hydrogen) atoms. The van der Waals surface area contributed by atoms with Crippen LogP contribution in [0.15, 0.2) is 42.5 Å². The van der Waals surface area contributed by atoms with Gasteiger partial charge in [0.15, 0.2) is 0 Å². The third-order valence-corrected chi connectivity index (χ3v) is 4.28. The zero-order chi connectivity index (χ0) is 17.2. The molecule has 0 atom stereocenters. The Morgan fingerprint density at radius 1 is 0.957 bits per heavy atom. The van der Waals surface area contributed by atoms with Crippen molar-refractivity contribution in [3.05, 3.63) is 70.3 Å². The average Bonchev–Trinajstić information content (AvgIpc) is 2.46. The van der Waals surface area contributed by atoms with Crippen LogP contribution in [0.4, 0.5) is 0 Å². The lowest BCUT2D eigenvalue weighted by molar-refractivity contribution is 0.0783. The molecule has 0 saturated heterocycles. The molecule has 0 radical (unpaired) electrons. The van der Waals surface area contributed by atoms with E-state index in [0.29, 0.717) is 6.54 Å². The first-order valence-corrected chi connectivity index (χ1v) is 8.11. The number of amides is 1. The molecule has 1 amide bonds. The van der Waals surface area contributed by atoms with E-state index in [1.807, 2.05) is 39.1 Å². The van der Waals surface area contributed by atoms with E-state index in [-0.39, 0.29) is 11.3 Å². The van der Waals surface area contributed by atoms with E-state index >= 15 is 0 Å². The first-order valence-electron chi connectivity index (χ1n) is 8.11. The molecule has 0 aromatic heterocycles. The molecule has 2 aromatic carbocycles. The summed E-state index contributed by atoms with van der Waals surface area (Å²) < 4.78 is 0. The second-order valence-corrected chi connectivity index (χ2v) is 7.37. The minimum absolute atomic E-state index is 0.0838. The van der Waals surface area contributed by atoms with Gasteiger partial charge >= 0.3 is 0 Å². The second-order valence-electron chi connectivity index (χ2n) is 7.37. The van der Waals surface area contributed by atoms with Crippen LogP contribution in [-0.2, 0) is 12.0 Å². The van der Waals surface area contributed by atoms with Gasteiger partial charge in [-0.1, -0.05) is 63.2 Å². The molecule has 0 N–H and O–H groups in total. The van der Waals surface area contributed by atoms with Crippen molar-refractivity contribution in [3.63, 3.8) is 0 Å². The Morgan fingerprint density at radius 3 is 1.96 bits per heavy atom. The Balaban J connectivity index is 2.16. The molecular weight excluding hydrogens is 282 g/mol. The maximum atomic E-state index is 12.7. The maximum Gasteiger partial charge on any atom is 0.254 e. The number of nitrogens with zero attached hydrogens (tertiary/aromatic N) is 1. The van der Waals surface area contributed by atoms with Crippen molar-refractivity contribution in [2.75, 3.05) is 7.05 Å². The average molecular weight is 309 g/mol. The van der Waals surface area contributed by atoms with Crippen LogP contribution in [0.2, 0.25) is 0 Å². The summed E-state index contributed by atoms with van der Waals surface area (Å²) in [5, 5.41) is 0. The van der Waals surface area contributed by atoms with Gasteiger partial charge in [0.1, 0.15) is 0 Å². The molecule has 0 saturated carbocycles. The number of carbonyl (C=O) groups excluding carboxylic acids is 1. The molecule has 122 valence electrons. The van der Waals surface area contributed by atoms with E-state index in [1.165, 1.54) is 5.56 Å². The second kappa shape index (κ2) is 6.57. The van der Waals surface area contributed by atoms with Crippen molar-refractivity contribution in [2.45, 2.75) is 46.6 Å². The molecule has 0 unspecified atom stereocenters. The molecule has 0 aliphatic heterocycles. The lowest BCUT2D eigenvalue weighted by Crippen LogP contribution is -2.27. The fourth-order valence-corrected chi connectivity index (χ4v) is 2.80. The van der Waals surface area contributed by atoms with Gasteiger partial charge in [0, 0.05) is 19.2 Å². The van der Waals surface area contributed by atoms with Crippen molar-refractivity contribution in [3.8, 4) is 0 Å². The summed E-state index contributed by atoms with van der Waals surface area (Å²) in [5.74, 6) is 0.0838. The Hall–Kier alpha value is -2.09. The van der Waals surface area contributed by atoms with E-state index in [2.05, 4.69) is 45.0 Å². The van der Waals surface area contributed by atoms with Gasteiger partial charge in [0.25, 0.3) is 5.91 Å². The highest BCUT2D eigenvalue weighted by molar-refractivity contribution is 5.96. The van der Waals surface area contributed by atoms with E-state index in [4.69, 9.17) is 0 Å². The summed E-state index contributed by atoms with van der Waals surface area (Å²) in [4.78, 5) is 14.5. The summed E-state index contributed by atoms with van der Waals surface area (Å²) in [6.07, 6.45) is 0. The van der Waals surface area contributed by atoms with Gasteiger partial charge < -0.3 is 4.90 Å². The van der Waals surface area contributed by atoms with Crippen LogP contribution < -0.4 is 0 Å². The summed E-state index contributed by atoms with van der Waals surface area (Å²) >= 11 is 0. The first kappa shape index (κ1) is 17.3. The molecule has 0 heterocycles. The predicted octanol–water partition coefficient (Wildman–Crippen LogP) is 4.87. The Bertz CT molecular complexity index is 673. The number of rotatable bonds is 3. The van der Waals surface area contributed by atoms with E-state index in [1.54, 1.807) is 4.90 Å². The lowest BCUT2D eigenvalue weighted by Gasteiger charge is -2.22.